The number of anilines is 1. The smallest absolute Gasteiger partial charge is 0.133 e. The van der Waals surface area contributed by atoms with Crippen LogP contribution < -0.4 is 5.32 Å². The lowest BCUT2D eigenvalue weighted by Gasteiger charge is -2.10. The zero-order valence-electron chi connectivity index (χ0n) is 12.2. The molecule has 0 amide bonds. The summed E-state index contributed by atoms with van der Waals surface area (Å²) in [4.78, 5) is 9.02. The maximum absolute atomic E-state index is 4.70. The van der Waals surface area contributed by atoms with E-state index in [-0.39, 0.29) is 0 Å². The molecule has 3 nitrogen and oxygen atoms in total. The molecule has 2 aromatic carbocycles. The monoisotopic (exact) mass is 287 g/mol. The molecular weight excluding hydrogens is 270 g/mol. The van der Waals surface area contributed by atoms with Crippen molar-refractivity contribution in [2.45, 2.75) is 6.54 Å². The molecule has 0 aliphatic carbocycles. The van der Waals surface area contributed by atoms with Crippen LogP contribution in [0.25, 0.3) is 0 Å². The first-order chi connectivity index (χ1) is 10.9. The lowest BCUT2D eigenvalue weighted by Crippen LogP contribution is -2.14. The second-order valence-corrected chi connectivity index (χ2v) is 4.84. The topological polar surface area (TPSA) is 37.3 Å². The Labute approximate surface area is 130 Å². The predicted octanol–water partition coefficient (Wildman–Crippen LogP) is 4.14. The van der Waals surface area contributed by atoms with Crippen LogP contribution in [0.15, 0.2) is 90.1 Å². The molecule has 1 N–H and O–H groups in total. The van der Waals surface area contributed by atoms with Crippen LogP contribution >= 0.6 is 0 Å². The number of aromatic nitrogens is 1. The van der Waals surface area contributed by atoms with E-state index in [4.69, 9.17) is 4.99 Å². The van der Waals surface area contributed by atoms with Gasteiger partial charge >= 0.3 is 0 Å². The van der Waals surface area contributed by atoms with E-state index in [0.29, 0.717) is 6.54 Å². The number of aliphatic imine (C=N–C) groups is 1. The van der Waals surface area contributed by atoms with Crippen molar-refractivity contribution in [3.63, 3.8) is 0 Å². The predicted molar refractivity (Wildman–Crippen MR) is 91.0 cm³/mol. The van der Waals surface area contributed by atoms with Crippen molar-refractivity contribution in [2.75, 3.05) is 5.32 Å². The Morgan fingerprint density at radius 3 is 2.18 bits per heavy atom. The quantitative estimate of drug-likeness (QED) is 0.578. The fraction of sp³-hybridized carbons (Fsp3) is 0.0526. The number of hydrogen-bond donors (Lipinski definition) is 1. The molecule has 0 fully saturated rings. The van der Waals surface area contributed by atoms with Crippen LogP contribution in [-0.4, -0.2) is 10.8 Å². The van der Waals surface area contributed by atoms with E-state index in [1.54, 1.807) is 6.20 Å². The number of para-hydroxylation sites is 1. The van der Waals surface area contributed by atoms with E-state index >= 15 is 0 Å². The number of hydrogen-bond acceptors (Lipinski definition) is 2. The Balaban J connectivity index is 1.86. The van der Waals surface area contributed by atoms with E-state index in [2.05, 4.69) is 10.3 Å². The molecule has 0 saturated heterocycles. The average molecular weight is 287 g/mol. The molecule has 3 rings (SSSR count). The Morgan fingerprint density at radius 1 is 0.818 bits per heavy atom. The Bertz CT molecular complexity index is 722. The molecule has 0 bridgehead atoms. The molecule has 22 heavy (non-hydrogen) atoms. The van der Waals surface area contributed by atoms with Crippen LogP contribution in [-0.2, 0) is 6.54 Å². The van der Waals surface area contributed by atoms with Crippen LogP contribution in [0.2, 0.25) is 0 Å². The first kappa shape index (κ1) is 14.0. The molecular formula is C19H17N3. The summed E-state index contributed by atoms with van der Waals surface area (Å²) in [5, 5.41) is 3.39. The molecule has 3 heteroatoms. The molecule has 1 aromatic heterocycles. The fourth-order valence-corrected chi connectivity index (χ4v) is 2.11. The highest BCUT2D eigenvalue weighted by molar-refractivity contribution is 6.08. The first-order valence-electron chi connectivity index (χ1n) is 7.24. The molecule has 108 valence electrons. The summed E-state index contributed by atoms with van der Waals surface area (Å²) in [6.07, 6.45) is 1.79. The fourth-order valence-electron chi connectivity index (χ4n) is 2.11. The van der Waals surface area contributed by atoms with Gasteiger partial charge < -0.3 is 5.32 Å². The third-order valence-corrected chi connectivity index (χ3v) is 3.21. The average Bonchev–Trinajstić information content (AvgIpc) is 2.61. The number of rotatable bonds is 4. The lowest BCUT2D eigenvalue weighted by atomic mass is 10.2. The maximum atomic E-state index is 4.70. The van der Waals surface area contributed by atoms with E-state index in [0.717, 1.165) is 22.8 Å². The molecule has 0 atom stereocenters. The summed E-state index contributed by atoms with van der Waals surface area (Å²) in [7, 11) is 0. The van der Waals surface area contributed by atoms with Crippen molar-refractivity contribution in [1.82, 2.24) is 4.98 Å². The normalized spacial score (nSPS) is 11.2. The lowest BCUT2D eigenvalue weighted by molar-refractivity contribution is 0.989. The third kappa shape index (κ3) is 3.79. The van der Waals surface area contributed by atoms with Gasteiger partial charge in [-0.25, -0.2) is 0 Å². The Hall–Kier alpha value is -2.94. The van der Waals surface area contributed by atoms with Gasteiger partial charge in [0.2, 0.25) is 0 Å². The van der Waals surface area contributed by atoms with Crippen molar-refractivity contribution in [1.29, 1.82) is 0 Å². The molecule has 1 heterocycles. The summed E-state index contributed by atoms with van der Waals surface area (Å²) in [5.74, 6) is 0.845. The van der Waals surface area contributed by atoms with Crippen molar-refractivity contribution >= 4 is 11.5 Å². The molecule has 0 spiro atoms. The molecule has 0 radical (unpaired) electrons. The van der Waals surface area contributed by atoms with Gasteiger partial charge in [0.05, 0.1) is 12.2 Å². The van der Waals surface area contributed by atoms with Gasteiger partial charge in [-0.2, -0.15) is 0 Å². The summed E-state index contributed by atoms with van der Waals surface area (Å²) in [5.41, 5.74) is 3.03. The molecule has 0 saturated carbocycles. The summed E-state index contributed by atoms with van der Waals surface area (Å²) < 4.78 is 0. The van der Waals surface area contributed by atoms with Crippen molar-refractivity contribution in [2.24, 2.45) is 4.99 Å². The molecule has 0 aliphatic heterocycles. The van der Waals surface area contributed by atoms with E-state index in [9.17, 15) is 0 Å². The van der Waals surface area contributed by atoms with Crippen LogP contribution in [0.1, 0.15) is 11.3 Å². The van der Waals surface area contributed by atoms with Gasteiger partial charge in [0.25, 0.3) is 0 Å². The number of nitrogens with one attached hydrogen (secondary N) is 1. The minimum absolute atomic E-state index is 0.547. The maximum Gasteiger partial charge on any atom is 0.133 e. The zero-order valence-corrected chi connectivity index (χ0v) is 12.2. The van der Waals surface area contributed by atoms with E-state index in [1.807, 2.05) is 78.9 Å². The highest BCUT2D eigenvalue weighted by Gasteiger charge is 2.03. The van der Waals surface area contributed by atoms with Crippen molar-refractivity contribution in [3.8, 4) is 0 Å². The number of pyridine rings is 1. The third-order valence-electron chi connectivity index (χ3n) is 3.21. The van der Waals surface area contributed by atoms with Crippen LogP contribution in [0.5, 0.6) is 0 Å². The number of benzene rings is 2. The minimum Gasteiger partial charge on any atom is -0.340 e. The van der Waals surface area contributed by atoms with Crippen molar-refractivity contribution < 1.29 is 0 Å². The SMILES string of the molecule is c1ccc(NC(=NCc2ccccn2)c2ccccc2)cc1. The first-order valence-corrected chi connectivity index (χ1v) is 7.24. The second kappa shape index (κ2) is 7.18. The summed E-state index contributed by atoms with van der Waals surface area (Å²) >= 11 is 0. The number of nitrogens with zero attached hydrogens (tertiary/aromatic N) is 2. The van der Waals surface area contributed by atoms with E-state index in [1.165, 1.54) is 0 Å². The van der Waals surface area contributed by atoms with Crippen molar-refractivity contribution in [3.05, 3.63) is 96.3 Å². The zero-order chi connectivity index (χ0) is 15.0. The van der Waals surface area contributed by atoms with Gasteiger partial charge in [-0.3, -0.25) is 9.98 Å². The van der Waals surface area contributed by atoms with E-state index < -0.39 is 0 Å². The van der Waals surface area contributed by atoms with Crippen LogP contribution in [0.4, 0.5) is 5.69 Å². The van der Waals surface area contributed by atoms with Gasteiger partial charge in [-0.15, -0.1) is 0 Å². The summed E-state index contributed by atoms with van der Waals surface area (Å²) in [6.45, 7) is 0.547. The second-order valence-electron chi connectivity index (χ2n) is 4.84. The molecule has 0 unspecified atom stereocenters. The number of amidine groups is 1. The van der Waals surface area contributed by atoms with Gasteiger partial charge in [0.15, 0.2) is 0 Å². The molecule has 3 aromatic rings. The van der Waals surface area contributed by atoms with Gasteiger partial charge in [-0.1, -0.05) is 54.6 Å². The Morgan fingerprint density at radius 2 is 1.50 bits per heavy atom. The van der Waals surface area contributed by atoms with Crippen LogP contribution in [0.3, 0.4) is 0 Å². The van der Waals surface area contributed by atoms with Gasteiger partial charge in [0, 0.05) is 17.4 Å². The highest BCUT2D eigenvalue weighted by Crippen LogP contribution is 2.10. The van der Waals surface area contributed by atoms with Crippen LogP contribution in [0, 0.1) is 0 Å². The molecule has 0 aliphatic rings. The highest BCUT2D eigenvalue weighted by atomic mass is 15.0. The van der Waals surface area contributed by atoms with Gasteiger partial charge in [-0.05, 0) is 24.3 Å². The largest absolute Gasteiger partial charge is 0.340 e. The van der Waals surface area contributed by atoms with Gasteiger partial charge in [0.1, 0.15) is 5.84 Å². The summed E-state index contributed by atoms with van der Waals surface area (Å²) in [6, 6.07) is 26.1. The standard InChI is InChI=1S/C19H17N3/c1-3-9-16(10-4-1)19(22-17-11-5-2-6-12-17)21-15-18-13-7-8-14-20-18/h1-14H,15H2,(H,21,22). The minimum atomic E-state index is 0.547. The Kier molecular flexibility index (Phi) is 4.57.